The van der Waals surface area contributed by atoms with Crippen LogP contribution in [0.5, 0.6) is 5.75 Å². The molecular formula is C20H25FN2O2. The lowest BCUT2D eigenvalue weighted by atomic mass is 10.1. The Balaban J connectivity index is 1.59. The van der Waals surface area contributed by atoms with Gasteiger partial charge < -0.3 is 14.8 Å². The molecule has 4 nitrogen and oxygen atoms in total. The van der Waals surface area contributed by atoms with Crippen LogP contribution < -0.4 is 10.1 Å². The van der Waals surface area contributed by atoms with Gasteiger partial charge in [0.05, 0.1) is 20.3 Å². The van der Waals surface area contributed by atoms with Gasteiger partial charge in [-0.1, -0.05) is 18.2 Å². The van der Waals surface area contributed by atoms with E-state index in [1.165, 1.54) is 23.3 Å². The van der Waals surface area contributed by atoms with Crippen LogP contribution in [-0.4, -0.2) is 38.3 Å². The molecule has 0 spiro atoms. The Hall–Kier alpha value is -1.95. The van der Waals surface area contributed by atoms with Gasteiger partial charge in [0.15, 0.2) is 0 Å². The Morgan fingerprint density at radius 3 is 2.44 bits per heavy atom. The smallest absolute Gasteiger partial charge is 0.123 e. The molecule has 1 aliphatic heterocycles. The van der Waals surface area contributed by atoms with E-state index in [0.717, 1.165) is 50.7 Å². The minimum absolute atomic E-state index is 0.202. The van der Waals surface area contributed by atoms with Crippen LogP contribution in [0.1, 0.15) is 16.7 Å². The van der Waals surface area contributed by atoms with Gasteiger partial charge in [-0.05, 0) is 35.4 Å². The fourth-order valence-electron chi connectivity index (χ4n) is 3.02. The summed E-state index contributed by atoms with van der Waals surface area (Å²) >= 11 is 0. The second kappa shape index (κ2) is 8.94. The van der Waals surface area contributed by atoms with Gasteiger partial charge in [-0.15, -0.1) is 0 Å². The first-order valence-electron chi connectivity index (χ1n) is 8.65. The predicted octanol–water partition coefficient (Wildman–Crippen LogP) is 2.96. The molecule has 0 radical (unpaired) electrons. The standard InChI is InChI=1S/C20H25FN2O2/c1-24-20-7-4-17(12-18(20)15-23-8-10-25-11-9-23)14-22-13-16-2-5-19(21)6-3-16/h2-7,12,22H,8-11,13-15H2,1H3. The number of halogens is 1. The Labute approximate surface area is 148 Å². The van der Waals surface area contributed by atoms with Gasteiger partial charge in [-0.25, -0.2) is 4.39 Å². The van der Waals surface area contributed by atoms with Crippen molar-refractivity contribution in [3.05, 3.63) is 65.0 Å². The average Bonchev–Trinajstić information content (AvgIpc) is 2.64. The van der Waals surface area contributed by atoms with E-state index >= 15 is 0 Å². The summed E-state index contributed by atoms with van der Waals surface area (Å²) in [6.07, 6.45) is 0. The molecule has 134 valence electrons. The number of hydrogen-bond acceptors (Lipinski definition) is 4. The number of nitrogens with zero attached hydrogens (tertiary/aromatic N) is 1. The summed E-state index contributed by atoms with van der Waals surface area (Å²) in [5.74, 6) is 0.723. The maximum Gasteiger partial charge on any atom is 0.123 e. The van der Waals surface area contributed by atoms with Gasteiger partial charge in [-0.2, -0.15) is 0 Å². The molecule has 0 atom stereocenters. The van der Waals surface area contributed by atoms with Crippen LogP contribution in [0.15, 0.2) is 42.5 Å². The van der Waals surface area contributed by atoms with Crippen molar-refractivity contribution < 1.29 is 13.9 Å². The largest absolute Gasteiger partial charge is 0.496 e. The normalized spacial score (nSPS) is 15.3. The molecule has 3 rings (SSSR count). The monoisotopic (exact) mass is 344 g/mol. The molecule has 0 saturated carbocycles. The molecule has 5 heteroatoms. The lowest BCUT2D eigenvalue weighted by molar-refractivity contribution is 0.0339. The van der Waals surface area contributed by atoms with Crippen molar-refractivity contribution in [2.75, 3.05) is 33.4 Å². The Kier molecular flexibility index (Phi) is 6.39. The summed E-state index contributed by atoms with van der Waals surface area (Å²) in [6.45, 7) is 5.84. The van der Waals surface area contributed by atoms with Gasteiger partial charge in [-0.3, -0.25) is 4.90 Å². The molecule has 25 heavy (non-hydrogen) atoms. The van der Waals surface area contributed by atoms with Gasteiger partial charge in [0.2, 0.25) is 0 Å². The van der Waals surface area contributed by atoms with Crippen molar-refractivity contribution >= 4 is 0 Å². The Bertz CT molecular complexity index is 670. The third-order valence-electron chi connectivity index (χ3n) is 4.41. The zero-order chi connectivity index (χ0) is 17.5. The van der Waals surface area contributed by atoms with Crippen molar-refractivity contribution in [1.82, 2.24) is 10.2 Å². The zero-order valence-electron chi connectivity index (χ0n) is 14.6. The van der Waals surface area contributed by atoms with Crippen molar-refractivity contribution in [2.45, 2.75) is 19.6 Å². The molecule has 1 N–H and O–H groups in total. The predicted molar refractivity (Wildman–Crippen MR) is 96.0 cm³/mol. The van der Waals surface area contributed by atoms with Crippen LogP contribution in [0.4, 0.5) is 4.39 Å². The van der Waals surface area contributed by atoms with E-state index in [-0.39, 0.29) is 5.82 Å². The molecule has 0 aromatic heterocycles. The molecule has 1 fully saturated rings. The van der Waals surface area contributed by atoms with E-state index in [0.29, 0.717) is 6.54 Å². The van der Waals surface area contributed by atoms with Crippen molar-refractivity contribution in [2.24, 2.45) is 0 Å². The molecule has 1 aliphatic rings. The summed E-state index contributed by atoms with van der Waals surface area (Å²) in [5.41, 5.74) is 3.49. The maximum absolute atomic E-state index is 12.9. The highest BCUT2D eigenvalue weighted by molar-refractivity contribution is 5.37. The van der Waals surface area contributed by atoms with E-state index in [1.807, 2.05) is 6.07 Å². The fourth-order valence-corrected chi connectivity index (χ4v) is 3.02. The number of ether oxygens (including phenoxy) is 2. The third-order valence-corrected chi connectivity index (χ3v) is 4.41. The molecule has 0 amide bonds. The second-order valence-electron chi connectivity index (χ2n) is 6.26. The van der Waals surface area contributed by atoms with Gasteiger partial charge >= 0.3 is 0 Å². The third kappa shape index (κ3) is 5.26. The lowest BCUT2D eigenvalue weighted by Crippen LogP contribution is -2.35. The average molecular weight is 344 g/mol. The van der Waals surface area contributed by atoms with Gasteiger partial charge in [0.1, 0.15) is 11.6 Å². The van der Waals surface area contributed by atoms with Crippen molar-refractivity contribution in [3.8, 4) is 5.75 Å². The van der Waals surface area contributed by atoms with Crippen LogP contribution in [0, 0.1) is 5.82 Å². The number of rotatable bonds is 7. The van der Waals surface area contributed by atoms with Crippen LogP contribution in [0.2, 0.25) is 0 Å². The molecule has 0 unspecified atom stereocenters. The number of nitrogens with one attached hydrogen (secondary N) is 1. The Morgan fingerprint density at radius 2 is 1.72 bits per heavy atom. The van der Waals surface area contributed by atoms with Crippen LogP contribution in [0.25, 0.3) is 0 Å². The highest BCUT2D eigenvalue weighted by Gasteiger charge is 2.13. The molecule has 1 heterocycles. The topological polar surface area (TPSA) is 33.7 Å². The number of morpholine rings is 1. The quantitative estimate of drug-likeness (QED) is 0.837. The molecule has 0 aliphatic carbocycles. The summed E-state index contributed by atoms with van der Waals surface area (Å²) in [4.78, 5) is 2.39. The van der Waals surface area contributed by atoms with E-state index in [9.17, 15) is 4.39 Å². The first-order valence-corrected chi connectivity index (χ1v) is 8.65. The lowest BCUT2D eigenvalue weighted by Gasteiger charge is -2.27. The van der Waals surface area contributed by atoms with Crippen LogP contribution in [-0.2, 0) is 24.4 Å². The number of hydrogen-bond donors (Lipinski definition) is 1. The molecule has 0 bridgehead atoms. The van der Waals surface area contributed by atoms with Crippen LogP contribution in [0.3, 0.4) is 0 Å². The summed E-state index contributed by atoms with van der Waals surface area (Å²) in [5, 5.41) is 3.41. The van der Waals surface area contributed by atoms with Crippen molar-refractivity contribution in [1.29, 1.82) is 0 Å². The van der Waals surface area contributed by atoms with E-state index < -0.39 is 0 Å². The van der Waals surface area contributed by atoms with Gasteiger partial charge in [0, 0.05) is 38.3 Å². The Morgan fingerprint density at radius 1 is 1.04 bits per heavy atom. The fraction of sp³-hybridized carbons (Fsp3) is 0.400. The number of methoxy groups -OCH3 is 1. The summed E-state index contributed by atoms with van der Waals surface area (Å²) in [6, 6.07) is 12.9. The summed E-state index contributed by atoms with van der Waals surface area (Å²) in [7, 11) is 1.71. The minimum atomic E-state index is -0.202. The van der Waals surface area contributed by atoms with E-state index in [2.05, 4.69) is 22.3 Å². The van der Waals surface area contributed by atoms with E-state index in [4.69, 9.17) is 9.47 Å². The van der Waals surface area contributed by atoms with E-state index in [1.54, 1.807) is 19.2 Å². The maximum atomic E-state index is 12.9. The van der Waals surface area contributed by atoms with Gasteiger partial charge in [0.25, 0.3) is 0 Å². The first kappa shape index (κ1) is 17.9. The molecular weight excluding hydrogens is 319 g/mol. The van der Waals surface area contributed by atoms with Crippen LogP contribution >= 0.6 is 0 Å². The highest BCUT2D eigenvalue weighted by Crippen LogP contribution is 2.22. The SMILES string of the molecule is COc1ccc(CNCc2ccc(F)cc2)cc1CN1CCOCC1. The zero-order valence-corrected chi connectivity index (χ0v) is 14.6. The molecule has 1 saturated heterocycles. The molecule has 2 aromatic rings. The summed E-state index contributed by atoms with van der Waals surface area (Å²) < 4.78 is 23.9. The second-order valence-corrected chi connectivity index (χ2v) is 6.26. The minimum Gasteiger partial charge on any atom is -0.496 e. The molecule has 2 aromatic carbocycles. The highest BCUT2D eigenvalue weighted by atomic mass is 19.1. The van der Waals surface area contributed by atoms with Crippen molar-refractivity contribution in [3.63, 3.8) is 0 Å². The first-order chi connectivity index (χ1) is 12.2. The number of benzene rings is 2.